The van der Waals surface area contributed by atoms with E-state index in [1.165, 1.54) is 31.3 Å². The molecule has 0 aliphatic heterocycles. The molecule has 0 radical (unpaired) electrons. The van der Waals surface area contributed by atoms with Gasteiger partial charge in [0.2, 0.25) is 0 Å². The van der Waals surface area contributed by atoms with Gasteiger partial charge in [-0.25, -0.2) is 0 Å². The van der Waals surface area contributed by atoms with Gasteiger partial charge in [0.15, 0.2) is 0 Å². The van der Waals surface area contributed by atoms with Gasteiger partial charge in [-0.2, -0.15) is 0 Å². The minimum absolute atomic E-state index is 0.232. The van der Waals surface area contributed by atoms with E-state index >= 15 is 0 Å². The summed E-state index contributed by atoms with van der Waals surface area (Å²) < 4.78 is 0. The van der Waals surface area contributed by atoms with Crippen LogP contribution < -0.4 is 0 Å². The van der Waals surface area contributed by atoms with Crippen LogP contribution in [0.2, 0.25) is 0 Å². The van der Waals surface area contributed by atoms with E-state index in [2.05, 4.69) is 6.08 Å². The number of allylic oxidation sites excluding steroid dienone is 1. The minimum atomic E-state index is -0.232. The number of rotatable bonds is 1. The summed E-state index contributed by atoms with van der Waals surface area (Å²) >= 11 is 0. The van der Waals surface area contributed by atoms with E-state index < -0.39 is 0 Å². The molecule has 0 saturated heterocycles. The van der Waals surface area contributed by atoms with Crippen molar-refractivity contribution < 1.29 is 5.11 Å². The SMILES string of the molecule is CC(O)/C=C1/CC2CCC1C2. The topological polar surface area (TPSA) is 20.2 Å². The van der Waals surface area contributed by atoms with Gasteiger partial charge in [-0.15, -0.1) is 0 Å². The van der Waals surface area contributed by atoms with E-state index in [0.29, 0.717) is 0 Å². The lowest BCUT2D eigenvalue weighted by Crippen LogP contribution is -2.02. The number of fused-ring (bicyclic) bond motifs is 2. The molecule has 3 atom stereocenters. The van der Waals surface area contributed by atoms with Gasteiger partial charge in [-0.05, 0) is 44.4 Å². The Kier molecular flexibility index (Phi) is 1.76. The summed E-state index contributed by atoms with van der Waals surface area (Å²) in [4.78, 5) is 0. The Morgan fingerprint density at radius 2 is 2.36 bits per heavy atom. The Hall–Kier alpha value is -0.300. The molecule has 0 aromatic carbocycles. The molecule has 2 rings (SSSR count). The van der Waals surface area contributed by atoms with Crippen LogP contribution >= 0.6 is 0 Å². The highest BCUT2D eigenvalue weighted by molar-refractivity contribution is 5.17. The molecular weight excluding hydrogens is 136 g/mol. The predicted octanol–water partition coefficient (Wildman–Crippen LogP) is 2.11. The minimum Gasteiger partial charge on any atom is -0.389 e. The van der Waals surface area contributed by atoms with Crippen LogP contribution in [-0.2, 0) is 0 Å². The zero-order valence-corrected chi connectivity index (χ0v) is 7.09. The fraction of sp³-hybridized carbons (Fsp3) is 0.800. The molecule has 0 heterocycles. The largest absolute Gasteiger partial charge is 0.389 e. The molecule has 0 aromatic heterocycles. The first kappa shape index (κ1) is 7.35. The first-order chi connectivity index (χ1) is 5.25. The molecule has 62 valence electrons. The lowest BCUT2D eigenvalue weighted by atomic mass is 9.94. The smallest absolute Gasteiger partial charge is 0.0695 e. The molecular formula is C10H16O. The quantitative estimate of drug-likeness (QED) is 0.570. The maximum atomic E-state index is 9.16. The monoisotopic (exact) mass is 152 g/mol. The summed E-state index contributed by atoms with van der Waals surface area (Å²) in [7, 11) is 0. The molecule has 0 amide bonds. The molecule has 2 fully saturated rings. The van der Waals surface area contributed by atoms with E-state index in [9.17, 15) is 0 Å². The molecule has 2 saturated carbocycles. The van der Waals surface area contributed by atoms with E-state index in [1.54, 1.807) is 0 Å². The van der Waals surface area contributed by atoms with Gasteiger partial charge in [0, 0.05) is 0 Å². The third-order valence-electron chi connectivity index (χ3n) is 3.05. The summed E-state index contributed by atoms with van der Waals surface area (Å²) in [6.45, 7) is 1.85. The van der Waals surface area contributed by atoms with Crippen LogP contribution in [0, 0.1) is 11.8 Å². The van der Waals surface area contributed by atoms with Crippen molar-refractivity contribution >= 4 is 0 Å². The third-order valence-corrected chi connectivity index (χ3v) is 3.05. The standard InChI is InChI=1S/C10H16O/c1-7(11)4-10-6-8-2-3-9(10)5-8/h4,7-9,11H,2-3,5-6H2,1H3/b10-4-. The van der Waals surface area contributed by atoms with Crippen molar-refractivity contribution in [1.29, 1.82) is 0 Å². The Labute approximate surface area is 68.1 Å². The van der Waals surface area contributed by atoms with Crippen LogP contribution in [0.1, 0.15) is 32.6 Å². The van der Waals surface area contributed by atoms with Crippen molar-refractivity contribution in [3.8, 4) is 0 Å². The lowest BCUT2D eigenvalue weighted by Gasteiger charge is -2.13. The molecule has 3 unspecified atom stereocenters. The second kappa shape index (κ2) is 2.63. The summed E-state index contributed by atoms with van der Waals surface area (Å²) in [6.07, 6.45) is 7.31. The van der Waals surface area contributed by atoms with E-state index in [0.717, 1.165) is 11.8 Å². The maximum Gasteiger partial charge on any atom is 0.0695 e. The third kappa shape index (κ3) is 1.34. The average Bonchev–Trinajstić information content (AvgIpc) is 2.45. The molecule has 2 bridgehead atoms. The second-order valence-corrected chi connectivity index (χ2v) is 4.06. The molecule has 11 heavy (non-hydrogen) atoms. The Morgan fingerprint density at radius 1 is 1.55 bits per heavy atom. The van der Waals surface area contributed by atoms with Gasteiger partial charge in [0.25, 0.3) is 0 Å². The average molecular weight is 152 g/mol. The van der Waals surface area contributed by atoms with Crippen molar-refractivity contribution in [2.24, 2.45) is 11.8 Å². The summed E-state index contributed by atoms with van der Waals surface area (Å²) in [5.41, 5.74) is 1.54. The van der Waals surface area contributed by atoms with Gasteiger partial charge >= 0.3 is 0 Å². The van der Waals surface area contributed by atoms with Gasteiger partial charge < -0.3 is 5.11 Å². The van der Waals surface area contributed by atoms with Crippen LogP contribution in [0.4, 0.5) is 0 Å². The number of hydrogen-bond donors (Lipinski definition) is 1. The van der Waals surface area contributed by atoms with Crippen LogP contribution in [0.5, 0.6) is 0 Å². The highest BCUT2D eigenvalue weighted by Gasteiger charge is 2.34. The molecule has 2 aliphatic rings. The maximum absolute atomic E-state index is 9.16. The van der Waals surface area contributed by atoms with Crippen LogP contribution in [-0.4, -0.2) is 11.2 Å². The van der Waals surface area contributed by atoms with Crippen molar-refractivity contribution in [2.75, 3.05) is 0 Å². The number of aliphatic hydroxyl groups is 1. The predicted molar refractivity (Wildman–Crippen MR) is 45.2 cm³/mol. The number of hydrogen-bond acceptors (Lipinski definition) is 1. The van der Waals surface area contributed by atoms with Crippen molar-refractivity contribution in [3.63, 3.8) is 0 Å². The van der Waals surface area contributed by atoms with Crippen LogP contribution in [0.3, 0.4) is 0 Å². The van der Waals surface area contributed by atoms with Crippen LogP contribution in [0.25, 0.3) is 0 Å². The van der Waals surface area contributed by atoms with E-state index in [4.69, 9.17) is 5.11 Å². The Morgan fingerprint density at radius 3 is 2.82 bits per heavy atom. The Bertz CT molecular complexity index is 181. The normalized spacial score (nSPS) is 41.8. The van der Waals surface area contributed by atoms with Crippen LogP contribution in [0.15, 0.2) is 11.6 Å². The zero-order chi connectivity index (χ0) is 7.84. The second-order valence-electron chi connectivity index (χ2n) is 4.06. The summed E-state index contributed by atoms with van der Waals surface area (Å²) in [5, 5.41) is 9.16. The van der Waals surface area contributed by atoms with Gasteiger partial charge in [0.05, 0.1) is 6.10 Å². The molecule has 1 heteroatoms. The van der Waals surface area contributed by atoms with Crippen molar-refractivity contribution in [3.05, 3.63) is 11.6 Å². The van der Waals surface area contributed by atoms with Gasteiger partial charge in [-0.1, -0.05) is 11.6 Å². The first-order valence-corrected chi connectivity index (χ1v) is 4.64. The summed E-state index contributed by atoms with van der Waals surface area (Å²) in [6, 6.07) is 0. The lowest BCUT2D eigenvalue weighted by molar-refractivity contribution is 0.242. The molecule has 2 aliphatic carbocycles. The van der Waals surface area contributed by atoms with Crippen molar-refractivity contribution in [2.45, 2.75) is 38.7 Å². The van der Waals surface area contributed by atoms with Crippen molar-refractivity contribution in [1.82, 2.24) is 0 Å². The molecule has 0 aromatic rings. The molecule has 0 spiro atoms. The zero-order valence-electron chi connectivity index (χ0n) is 7.09. The molecule has 1 N–H and O–H groups in total. The van der Waals surface area contributed by atoms with Gasteiger partial charge in [-0.3, -0.25) is 0 Å². The fourth-order valence-corrected chi connectivity index (χ4v) is 2.61. The molecule has 1 nitrogen and oxygen atoms in total. The summed E-state index contributed by atoms with van der Waals surface area (Å²) in [5.74, 6) is 1.81. The van der Waals surface area contributed by atoms with E-state index in [-0.39, 0.29) is 6.10 Å². The number of aliphatic hydroxyl groups excluding tert-OH is 1. The van der Waals surface area contributed by atoms with Gasteiger partial charge in [0.1, 0.15) is 0 Å². The fourth-order valence-electron chi connectivity index (χ4n) is 2.61. The highest BCUT2D eigenvalue weighted by Crippen LogP contribution is 2.47. The van der Waals surface area contributed by atoms with E-state index in [1.807, 2.05) is 6.92 Å². The highest BCUT2D eigenvalue weighted by atomic mass is 16.3. The Balaban J connectivity index is 2.07. The first-order valence-electron chi connectivity index (χ1n) is 4.64.